The van der Waals surface area contributed by atoms with Crippen molar-refractivity contribution in [2.45, 2.75) is 19.6 Å². The van der Waals surface area contributed by atoms with Crippen LogP contribution in [0, 0.1) is 0 Å². The number of nitrogens with zero attached hydrogens (tertiary/aromatic N) is 1. The van der Waals surface area contributed by atoms with Crippen LogP contribution in [0.4, 0.5) is 13.9 Å². The van der Waals surface area contributed by atoms with Gasteiger partial charge in [0.05, 0.1) is 18.4 Å². The highest BCUT2D eigenvalue weighted by molar-refractivity contribution is 7.14. The molecular formula is C21H18F2N2O5S. The van der Waals surface area contributed by atoms with E-state index < -0.39 is 24.6 Å². The highest BCUT2D eigenvalue weighted by Gasteiger charge is 2.22. The van der Waals surface area contributed by atoms with Crippen molar-refractivity contribution in [1.29, 1.82) is 0 Å². The maximum Gasteiger partial charge on any atom is 0.387 e. The number of methoxy groups -OCH3 is 1. The summed E-state index contributed by atoms with van der Waals surface area (Å²) in [5.74, 6) is -1.68. The van der Waals surface area contributed by atoms with Crippen LogP contribution in [-0.2, 0) is 9.53 Å². The van der Waals surface area contributed by atoms with E-state index in [0.29, 0.717) is 10.8 Å². The molecule has 0 aliphatic rings. The van der Waals surface area contributed by atoms with Crippen LogP contribution in [0.25, 0.3) is 11.3 Å². The standard InChI is InChI=1S/C21H18F2N2O5S/c1-12(18(26)25-21-24-15(11-31-21)13-6-4-3-5-7-13)29-19(27)14-8-9-16(30-20(22)23)17(10-14)28-2/h3-12,20H,1-2H3,(H,24,25,26)/t12-/m0/s1. The molecule has 0 fully saturated rings. The molecule has 1 amide bonds. The Morgan fingerprint density at radius 1 is 1.10 bits per heavy atom. The van der Waals surface area contributed by atoms with Crippen LogP contribution in [0.5, 0.6) is 11.5 Å². The number of anilines is 1. The van der Waals surface area contributed by atoms with E-state index in [9.17, 15) is 18.4 Å². The number of amides is 1. The molecule has 0 aliphatic heterocycles. The Hall–Kier alpha value is -3.53. The van der Waals surface area contributed by atoms with Crippen LogP contribution in [0.3, 0.4) is 0 Å². The molecule has 0 saturated heterocycles. The van der Waals surface area contributed by atoms with Crippen molar-refractivity contribution in [3.05, 3.63) is 59.5 Å². The van der Waals surface area contributed by atoms with Gasteiger partial charge in [0, 0.05) is 10.9 Å². The molecule has 31 heavy (non-hydrogen) atoms. The summed E-state index contributed by atoms with van der Waals surface area (Å²) < 4.78 is 39.3. The lowest BCUT2D eigenvalue weighted by atomic mass is 10.2. The van der Waals surface area contributed by atoms with Gasteiger partial charge in [-0.3, -0.25) is 10.1 Å². The molecular weight excluding hydrogens is 430 g/mol. The molecule has 0 aliphatic carbocycles. The molecule has 0 bridgehead atoms. The molecule has 3 aromatic rings. The second-order valence-electron chi connectivity index (χ2n) is 6.18. The zero-order chi connectivity index (χ0) is 22.4. The number of nitrogens with one attached hydrogen (secondary N) is 1. The Morgan fingerprint density at radius 2 is 1.84 bits per heavy atom. The minimum atomic E-state index is -3.04. The maximum absolute atomic E-state index is 12.4. The molecule has 1 N–H and O–H groups in total. The molecule has 3 rings (SSSR count). The number of hydrogen-bond acceptors (Lipinski definition) is 7. The number of esters is 1. The van der Waals surface area contributed by atoms with Crippen molar-refractivity contribution in [1.82, 2.24) is 4.98 Å². The van der Waals surface area contributed by atoms with E-state index >= 15 is 0 Å². The third kappa shape index (κ3) is 5.76. The first-order valence-corrected chi connectivity index (χ1v) is 9.91. The van der Waals surface area contributed by atoms with E-state index in [1.807, 2.05) is 30.3 Å². The van der Waals surface area contributed by atoms with Gasteiger partial charge in [-0.05, 0) is 25.1 Å². The average molecular weight is 448 g/mol. The second-order valence-corrected chi connectivity index (χ2v) is 7.04. The van der Waals surface area contributed by atoms with Gasteiger partial charge in [0.1, 0.15) is 0 Å². The Balaban J connectivity index is 1.62. The Labute approximate surface area is 180 Å². The fraction of sp³-hybridized carbons (Fsp3) is 0.190. The molecule has 162 valence electrons. The molecule has 1 aromatic heterocycles. The minimum Gasteiger partial charge on any atom is -0.493 e. The molecule has 10 heteroatoms. The van der Waals surface area contributed by atoms with Crippen molar-refractivity contribution in [2.24, 2.45) is 0 Å². The van der Waals surface area contributed by atoms with Crippen molar-refractivity contribution in [2.75, 3.05) is 12.4 Å². The SMILES string of the molecule is COc1cc(C(=O)O[C@@H](C)C(=O)Nc2nc(-c3ccccc3)cs2)ccc1OC(F)F. The lowest BCUT2D eigenvalue weighted by Crippen LogP contribution is -2.30. The molecule has 0 unspecified atom stereocenters. The predicted molar refractivity (Wildman–Crippen MR) is 111 cm³/mol. The van der Waals surface area contributed by atoms with Gasteiger partial charge >= 0.3 is 12.6 Å². The largest absolute Gasteiger partial charge is 0.493 e. The maximum atomic E-state index is 12.4. The molecule has 0 spiro atoms. The summed E-state index contributed by atoms with van der Waals surface area (Å²) in [6.45, 7) is -1.63. The summed E-state index contributed by atoms with van der Waals surface area (Å²) in [6.07, 6.45) is -1.13. The number of alkyl halides is 2. The number of hydrogen-bond donors (Lipinski definition) is 1. The molecule has 1 atom stereocenters. The topological polar surface area (TPSA) is 86.8 Å². The summed E-state index contributed by atoms with van der Waals surface area (Å²) in [4.78, 5) is 29.1. The second kappa shape index (κ2) is 9.98. The Kier molecular flexibility index (Phi) is 7.14. The van der Waals surface area contributed by atoms with E-state index in [2.05, 4.69) is 15.0 Å². The van der Waals surface area contributed by atoms with Gasteiger partial charge in [-0.25, -0.2) is 9.78 Å². The molecule has 0 radical (unpaired) electrons. The quantitative estimate of drug-likeness (QED) is 0.507. The fourth-order valence-electron chi connectivity index (χ4n) is 2.55. The molecule has 2 aromatic carbocycles. The molecule has 7 nitrogen and oxygen atoms in total. The fourth-order valence-corrected chi connectivity index (χ4v) is 3.27. The van der Waals surface area contributed by atoms with Gasteiger partial charge in [-0.15, -0.1) is 11.3 Å². The van der Waals surface area contributed by atoms with Crippen LogP contribution >= 0.6 is 11.3 Å². The van der Waals surface area contributed by atoms with E-state index in [1.54, 1.807) is 5.38 Å². The van der Waals surface area contributed by atoms with Gasteiger partial charge in [0.15, 0.2) is 22.7 Å². The van der Waals surface area contributed by atoms with E-state index in [1.165, 1.54) is 37.5 Å². The van der Waals surface area contributed by atoms with E-state index in [4.69, 9.17) is 9.47 Å². The summed E-state index contributed by atoms with van der Waals surface area (Å²) in [5.41, 5.74) is 1.63. The smallest absolute Gasteiger partial charge is 0.387 e. The van der Waals surface area contributed by atoms with Gasteiger partial charge in [0.25, 0.3) is 5.91 Å². The third-order valence-electron chi connectivity index (χ3n) is 4.07. The average Bonchev–Trinajstić information content (AvgIpc) is 3.22. The lowest BCUT2D eigenvalue weighted by Gasteiger charge is -2.14. The van der Waals surface area contributed by atoms with E-state index in [0.717, 1.165) is 11.6 Å². The first-order chi connectivity index (χ1) is 14.9. The first kappa shape index (κ1) is 22.2. The number of halogens is 2. The highest BCUT2D eigenvalue weighted by Crippen LogP contribution is 2.30. The van der Waals surface area contributed by atoms with Crippen molar-refractivity contribution >= 4 is 28.3 Å². The number of rotatable bonds is 8. The third-order valence-corrected chi connectivity index (χ3v) is 4.83. The van der Waals surface area contributed by atoms with Crippen molar-refractivity contribution < 1.29 is 32.6 Å². The number of thiazole rings is 1. The minimum absolute atomic E-state index is 0.0127. The predicted octanol–water partition coefficient (Wildman–Crippen LogP) is 4.60. The summed E-state index contributed by atoms with van der Waals surface area (Å²) in [6, 6.07) is 13.0. The summed E-state index contributed by atoms with van der Waals surface area (Å²) in [5, 5.41) is 4.77. The van der Waals surface area contributed by atoms with Gasteiger partial charge in [-0.1, -0.05) is 30.3 Å². The van der Waals surface area contributed by atoms with Crippen LogP contribution < -0.4 is 14.8 Å². The number of benzene rings is 2. The van der Waals surface area contributed by atoms with Crippen LogP contribution in [0.2, 0.25) is 0 Å². The van der Waals surface area contributed by atoms with Crippen molar-refractivity contribution in [3.63, 3.8) is 0 Å². The monoisotopic (exact) mass is 448 g/mol. The lowest BCUT2D eigenvalue weighted by molar-refractivity contribution is -0.123. The van der Waals surface area contributed by atoms with Gasteiger partial charge < -0.3 is 14.2 Å². The number of carbonyl (C=O) groups is 2. The number of aromatic nitrogens is 1. The normalized spacial score (nSPS) is 11.6. The summed E-state index contributed by atoms with van der Waals surface area (Å²) in [7, 11) is 1.25. The van der Waals surface area contributed by atoms with Crippen molar-refractivity contribution in [3.8, 4) is 22.8 Å². The first-order valence-electron chi connectivity index (χ1n) is 9.03. The zero-order valence-electron chi connectivity index (χ0n) is 16.5. The molecule has 1 heterocycles. The van der Waals surface area contributed by atoms with Crippen LogP contribution in [0.15, 0.2) is 53.9 Å². The van der Waals surface area contributed by atoms with Crippen LogP contribution in [-0.4, -0.2) is 36.7 Å². The Bertz CT molecular complexity index is 1060. The van der Waals surface area contributed by atoms with Gasteiger partial charge in [0.2, 0.25) is 0 Å². The number of carbonyl (C=O) groups excluding carboxylic acids is 2. The van der Waals surface area contributed by atoms with Gasteiger partial charge in [-0.2, -0.15) is 8.78 Å². The van der Waals surface area contributed by atoms with E-state index in [-0.39, 0.29) is 17.1 Å². The zero-order valence-corrected chi connectivity index (χ0v) is 17.3. The van der Waals surface area contributed by atoms with Crippen LogP contribution in [0.1, 0.15) is 17.3 Å². The summed E-state index contributed by atoms with van der Waals surface area (Å²) >= 11 is 1.24. The molecule has 0 saturated carbocycles. The highest BCUT2D eigenvalue weighted by atomic mass is 32.1. The number of ether oxygens (including phenoxy) is 3. The Morgan fingerprint density at radius 3 is 2.52 bits per heavy atom.